The molecule has 0 amide bonds. The highest BCUT2D eigenvalue weighted by molar-refractivity contribution is 5.01. The van der Waals surface area contributed by atoms with Crippen molar-refractivity contribution in [2.75, 3.05) is 13.1 Å². The van der Waals surface area contributed by atoms with Gasteiger partial charge in [0.1, 0.15) is 0 Å². The third-order valence-corrected chi connectivity index (χ3v) is 6.96. The minimum Gasteiger partial charge on any atom is -0.327 e. The maximum absolute atomic E-state index is 6.52. The van der Waals surface area contributed by atoms with Gasteiger partial charge in [-0.2, -0.15) is 0 Å². The molecule has 0 spiro atoms. The second-order valence-corrected chi connectivity index (χ2v) is 7.82. The van der Waals surface area contributed by atoms with Gasteiger partial charge in [0.25, 0.3) is 0 Å². The van der Waals surface area contributed by atoms with E-state index in [1.807, 2.05) is 0 Å². The summed E-state index contributed by atoms with van der Waals surface area (Å²) in [5.41, 5.74) is 6.52. The van der Waals surface area contributed by atoms with Crippen LogP contribution in [-0.2, 0) is 0 Å². The zero-order chi connectivity index (χ0) is 12.8. The van der Waals surface area contributed by atoms with Gasteiger partial charge in [-0.15, -0.1) is 0 Å². The number of nitrogens with two attached hydrogens (primary N) is 1. The molecule has 19 heavy (non-hydrogen) atoms. The summed E-state index contributed by atoms with van der Waals surface area (Å²) in [6.45, 7) is 2.70. The van der Waals surface area contributed by atoms with Crippen LogP contribution in [0.1, 0.15) is 57.8 Å². The van der Waals surface area contributed by atoms with E-state index in [0.717, 1.165) is 29.7 Å². The number of nitrogens with zero attached hydrogens (tertiary/aromatic N) is 1. The lowest BCUT2D eigenvalue weighted by molar-refractivity contribution is 0.0369. The van der Waals surface area contributed by atoms with E-state index in [4.69, 9.17) is 5.73 Å². The van der Waals surface area contributed by atoms with Crippen LogP contribution in [-0.4, -0.2) is 30.1 Å². The Morgan fingerprint density at radius 1 is 0.842 bits per heavy atom. The van der Waals surface area contributed by atoms with Gasteiger partial charge in [0.05, 0.1) is 0 Å². The van der Waals surface area contributed by atoms with Gasteiger partial charge in [0, 0.05) is 18.6 Å². The molecule has 1 saturated heterocycles. The Balaban J connectivity index is 1.44. The molecule has 0 aromatic rings. The molecule has 1 aliphatic heterocycles. The van der Waals surface area contributed by atoms with Crippen molar-refractivity contribution in [3.63, 3.8) is 0 Å². The molecule has 6 atom stereocenters. The second kappa shape index (κ2) is 5.04. The largest absolute Gasteiger partial charge is 0.327 e. The van der Waals surface area contributed by atoms with Gasteiger partial charge >= 0.3 is 0 Å². The Morgan fingerprint density at radius 2 is 1.63 bits per heavy atom. The van der Waals surface area contributed by atoms with Crippen molar-refractivity contribution >= 4 is 0 Å². The minimum atomic E-state index is 0.530. The topological polar surface area (TPSA) is 29.3 Å². The van der Waals surface area contributed by atoms with E-state index in [0.29, 0.717) is 6.04 Å². The summed E-state index contributed by atoms with van der Waals surface area (Å²) in [6.07, 6.45) is 13.2. The van der Waals surface area contributed by atoms with Crippen LogP contribution in [0.3, 0.4) is 0 Å². The molecule has 2 nitrogen and oxygen atoms in total. The SMILES string of the molecule is NC1C2CCC(C2)C1CN1CCCC2CCCCC21. The van der Waals surface area contributed by atoms with Crippen molar-refractivity contribution in [1.29, 1.82) is 0 Å². The zero-order valence-electron chi connectivity index (χ0n) is 12.3. The van der Waals surface area contributed by atoms with Crippen LogP contribution in [0.25, 0.3) is 0 Å². The lowest BCUT2D eigenvalue weighted by Gasteiger charge is -2.46. The highest BCUT2D eigenvalue weighted by atomic mass is 15.2. The maximum atomic E-state index is 6.52. The van der Waals surface area contributed by atoms with Crippen molar-refractivity contribution in [1.82, 2.24) is 4.90 Å². The first-order chi connectivity index (χ1) is 9.33. The van der Waals surface area contributed by atoms with Gasteiger partial charge in [0.15, 0.2) is 0 Å². The van der Waals surface area contributed by atoms with E-state index in [1.165, 1.54) is 70.9 Å². The molecule has 2 bridgehead atoms. The van der Waals surface area contributed by atoms with Gasteiger partial charge < -0.3 is 5.73 Å². The van der Waals surface area contributed by atoms with Crippen molar-refractivity contribution in [2.24, 2.45) is 29.4 Å². The molecule has 4 rings (SSSR count). The fourth-order valence-electron chi connectivity index (χ4n) is 5.95. The molecule has 4 aliphatic rings. The second-order valence-electron chi connectivity index (χ2n) is 7.82. The molecule has 2 N–H and O–H groups in total. The smallest absolute Gasteiger partial charge is 0.0124 e. The number of fused-ring (bicyclic) bond motifs is 3. The highest BCUT2D eigenvalue weighted by Crippen LogP contribution is 2.48. The van der Waals surface area contributed by atoms with E-state index in [2.05, 4.69) is 4.90 Å². The van der Waals surface area contributed by atoms with Gasteiger partial charge in [-0.25, -0.2) is 0 Å². The number of piperidine rings is 1. The standard InChI is InChI=1S/C17H30N2/c18-17-14-8-7-13(10-14)15(17)11-19-9-3-5-12-4-1-2-6-16(12)19/h12-17H,1-11,18H2. The Morgan fingerprint density at radius 3 is 2.47 bits per heavy atom. The Kier molecular flexibility index (Phi) is 3.35. The average molecular weight is 262 g/mol. The van der Waals surface area contributed by atoms with Crippen LogP contribution in [0.5, 0.6) is 0 Å². The van der Waals surface area contributed by atoms with Crippen LogP contribution >= 0.6 is 0 Å². The summed E-state index contributed by atoms with van der Waals surface area (Å²) >= 11 is 0. The third-order valence-electron chi connectivity index (χ3n) is 6.96. The van der Waals surface area contributed by atoms with E-state index in [9.17, 15) is 0 Å². The molecule has 0 aromatic heterocycles. The summed E-state index contributed by atoms with van der Waals surface area (Å²) in [4.78, 5) is 2.87. The van der Waals surface area contributed by atoms with Crippen LogP contribution in [0, 0.1) is 23.7 Å². The molecule has 2 heteroatoms. The third kappa shape index (κ3) is 2.15. The van der Waals surface area contributed by atoms with Crippen molar-refractivity contribution in [3.05, 3.63) is 0 Å². The summed E-state index contributed by atoms with van der Waals surface area (Å²) in [6, 6.07) is 1.46. The molecule has 6 unspecified atom stereocenters. The lowest BCUT2D eigenvalue weighted by Crippen LogP contribution is -2.51. The number of hydrogen-bond acceptors (Lipinski definition) is 2. The molecule has 0 aromatic carbocycles. The van der Waals surface area contributed by atoms with Crippen molar-refractivity contribution in [2.45, 2.75) is 69.9 Å². The quantitative estimate of drug-likeness (QED) is 0.829. The van der Waals surface area contributed by atoms with Gasteiger partial charge in [0.2, 0.25) is 0 Å². The van der Waals surface area contributed by atoms with E-state index in [1.54, 1.807) is 0 Å². The minimum absolute atomic E-state index is 0.530. The fourth-order valence-corrected chi connectivity index (χ4v) is 5.95. The molecule has 0 radical (unpaired) electrons. The van der Waals surface area contributed by atoms with E-state index < -0.39 is 0 Å². The normalized spacial score (nSPS) is 50.4. The highest BCUT2D eigenvalue weighted by Gasteiger charge is 2.47. The summed E-state index contributed by atoms with van der Waals surface area (Å²) in [7, 11) is 0. The van der Waals surface area contributed by atoms with Crippen LogP contribution in [0.15, 0.2) is 0 Å². The lowest BCUT2D eigenvalue weighted by atomic mass is 9.77. The van der Waals surface area contributed by atoms with Crippen LogP contribution in [0.2, 0.25) is 0 Å². The predicted molar refractivity (Wildman–Crippen MR) is 78.8 cm³/mol. The Hall–Kier alpha value is -0.0800. The summed E-state index contributed by atoms with van der Waals surface area (Å²) in [5, 5.41) is 0. The van der Waals surface area contributed by atoms with Crippen molar-refractivity contribution in [3.8, 4) is 0 Å². The zero-order valence-corrected chi connectivity index (χ0v) is 12.3. The Labute approximate surface area is 118 Å². The summed E-state index contributed by atoms with van der Waals surface area (Å²) in [5.74, 6) is 3.71. The first kappa shape index (κ1) is 12.6. The van der Waals surface area contributed by atoms with Gasteiger partial charge in [-0.3, -0.25) is 4.90 Å². The summed E-state index contributed by atoms with van der Waals surface area (Å²) < 4.78 is 0. The molecular formula is C17H30N2. The molecule has 108 valence electrons. The molecule has 3 saturated carbocycles. The molecule has 4 fully saturated rings. The van der Waals surface area contributed by atoms with Crippen molar-refractivity contribution < 1.29 is 0 Å². The average Bonchev–Trinajstić information content (AvgIpc) is 3.03. The first-order valence-corrected chi connectivity index (χ1v) is 8.82. The number of hydrogen-bond donors (Lipinski definition) is 1. The number of likely N-dealkylation sites (tertiary alicyclic amines) is 1. The molecular weight excluding hydrogens is 232 g/mol. The van der Waals surface area contributed by atoms with E-state index in [-0.39, 0.29) is 0 Å². The van der Waals surface area contributed by atoms with Gasteiger partial charge in [-0.05, 0) is 75.2 Å². The van der Waals surface area contributed by atoms with Gasteiger partial charge in [-0.1, -0.05) is 12.8 Å². The van der Waals surface area contributed by atoms with E-state index >= 15 is 0 Å². The number of rotatable bonds is 2. The molecule has 3 aliphatic carbocycles. The Bertz CT molecular complexity index is 325. The maximum Gasteiger partial charge on any atom is 0.0124 e. The fraction of sp³-hybridized carbons (Fsp3) is 1.00. The first-order valence-electron chi connectivity index (χ1n) is 8.82. The van der Waals surface area contributed by atoms with Crippen LogP contribution < -0.4 is 5.73 Å². The van der Waals surface area contributed by atoms with Crippen LogP contribution in [0.4, 0.5) is 0 Å². The predicted octanol–water partition coefficient (Wildman–Crippen LogP) is 3.01. The monoisotopic (exact) mass is 262 g/mol. The molecule has 1 heterocycles.